The Labute approximate surface area is 82.7 Å². The predicted molar refractivity (Wildman–Crippen MR) is 55.2 cm³/mol. The van der Waals surface area contributed by atoms with Gasteiger partial charge in [-0.2, -0.15) is 0 Å². The first-order valence-corrected chi connectivity index (χ1v) is 5.74. The Morgan fingerprint density at radius 2 is 1.62 bits per heavy atom. The zero-order valence-electron chi connectivity index (χ0n) is 9.43. The van der Waals surface area contributed by atoms with E-state index in [1.165, 1.54) is 6.92 Å². The minimum absolute atomic E-state index is 0.135. The minimum Gasteiger partial charge on any atom is -0.462 e. The molecule has 4 heteroatoms. The summed E-state index contributed by atoms with van der Waals surface area (Å²) in [5, 5.41) is -0.404. The van der Waals surface area contributed by atoms with Gasteiger partial charge in [-0.1, -0.05) is 0 Å². The maximum atomic E-state index is 10.7. The number of esters is 1. The summed E-state index contributed by atoms with van der Waals surface area (Å²) >= 11 is 0. The molecule has 0 fully saturated rings. The van der Waals surface area contributed by atoms with Gasteiger partial charge < -0.3 is 9.16 Å². The third-order valence-corrected chi connectivity index (χ3v) is 3.12. The van der Waals surface area contributed by atoms with Gasteiger partial charge in [-0.3, -0.25) is 4.79 Å². The molecule has 0 spiro atoms. The molecule has 0 atom stereocenters. The lowest BCUT2D eigenvalue weighted by Gasteiger charge is -2.28. The van der Waals surface area contributed by atoms with Crippen molar-refractivity contribution in [2.24, 2.45) is 0 Å². The van der Waals surface area contributed by atoms with Crippen LogP contribution >= 0.6 is 0 Å². The average molecular weight is 204 g/mol. The quantitative estimate of drug-likeness (QED) is 0.511. The van der Waals surface area contributed by atoms with Gasteiger partial charge in [-0.05, 0) is 34.6 Å². The fraction of sp³-hybridized carbons (Fsp3) is 0.889. The Bertz CT molecular complexity index is 182. The number of carbonyl (C=O) groups excluding carboxylic acids is 1. The smallest absolute Gasteiger partial charge is 0.302 e. The van der Waals surface area contributed by atoms with Gasteiger partial charge in [-0.15, -0.1) is 0 Å². The van der Waals surface area contributed by atoms with Crippen molar-refractivity contribution in [2.45, 2.75) is 52.4 Å². The minimum atomic E-state index is -0.851. The predicted octanol–water partition coefficient (Wildman–Crippen LogP) is 1.18. The molecule has 0 aliphatic heterocycles. The largest absolute Gasteiger partial charge is 0.462 e. The van der Waals surface area contributed by atoms with Crippen molar-refractivity contribution in [3.05, 3.63) is 0 Å². The number of hydrogen-bond acceptors (Lipinski definition) is 3. The van der Waals surface area contributed by atoms with Crippen LogP contribution in [0, 0.1) is 0 Å². The highest BCUT2D eigenvalue weighted by atomic mass is 28.2. The van der Waals surface area contributed by atoms with E-state index in [1.54, 1.807) is 0 Å². The van der Waals surface area contributed by atoms with Gasteiger partial charge in [0.2, 0.25) is 9.76 Å². The van der Waals surface area contributed by atoms with E-state index >= 15 is 0 Å². The standard InChI is InChI=1S/C9H20O3Si/c1-7(10)11-9(5,6)13-12-8(2,3)4/h13H2,1-6H3. The normalized spacial score (nSPS) is 13.7. The molecule has 13 heavy (non-hydrogen) atoms. The molecule has 0 aromatic rings. The lowest BCUT2D eigenvalue weighted by atomic mass is 10.2. The maximum Gasteiger partial charge on any atom is 0.302 e. The van der Waals surface area contributed by atoms with E-state index in [4.69, 9.17) is 9.16 Å². The number of hydrogen-bond donors (Lipinski definition) is 0. The molecule has 0 saturated heterocycles. The zero-order valence-corrected chi connectivity index (χ0v) is 10.8. The summed E-state index contributed by atoms with van der Waals surface area (Å²) in [6.45, 7) is 11.2. The molecule has 0 heterocycles. The number of carbonyl (C=O) groups is 1. The zero-order chi connectivity index (χ0) is 10.7. The molecule has 0 saturated carbocycles. The third kappa shape index (κ3) is 7.99. The third-order valence-electron chi connectivity index (χ3n) is 1.27. The molecule has 0 bridgehead atoms. The van der Waals surface area contributed by atoms with Crippen LogP contribution in [0.1, 0.15) is 41.5 Å². The second-order valence-corrected chi connectivity index (χ2v) is 7.03. The molecule has 0 aliphatic rings. The van der Waals surface area contributed by atoms with Crippen molar-refractivity contribution in [1.82, 2.24) is 0 Å². The number of ether oxygens (including phenoxy) is 1. The van der Waals surface area contributed by atoms with Crippen LogP contribution in [-0.4, -0.2) is 26.6 Å². The summed E-state index contributed by atoms with van der Waals surface area (Å²) in [5.41, 5.74) is -0.135. The highest BCUT2D eigenvalue weighted by molar-refractivity contribution is 6.32. The van der Waals surface area contributed by atoms with E-state index in [9.17, 15) is 4.79 Å². The summed E-state index contributed by atoms with van der Waals surface area (Å²) in [6, 6.07) is 0. The summed E-state index contributed by atoms with van der Waals surface area (Å²) in [4.78, 5) is 10.7. The first-order valence-electron chi connectivity index (χ1n) is 4.46. The Morgan fingerprint density at radius 3 is 1.92 bits per heavy atom. The van der Waals surface area contributed by atoms with E-state index in [2.05, 4.69) is 0 Å². The fourth-order valence-corrected chi connectivity index (χ4v) is 1.85. The lowest BCUT2D eigenvalue weighted by molar-refractivity contribution is -0.148. The molecular formula is C9H20O3Si. The van der Waals surface area contributed by atoms with Crippen molar-refractivity contribution in [2.75, 3.05) is 0 Å². The number of rotatable bonds is 3. The first-order chi connectivity index (χ1) is 5.62. The monoisotopic (exact) mass is 204 g/mol. The van der Waals surface area contributed by atoms with E-state index in [-0.39, 0.29) is 11.6 Å². The Kier molecular flexibility index (Phi) is 4.12. The van der Waals surface area contributed by atoms with Gasteiger partial charge in [0.25, 0.3) is 0 Å². The van der Waals surface area contributed by atoms with Gasteiger partial charge in [0.05, 0.1) is 0 Å². The second kappa shape index (κ2) is 4.24. The van der Waals surface area contributed by atoms with Crippen LogP contribution in [0.25, 0.3) is 0 Å². The van der Waals surface area contributed by atoms with Gasteiger partial charge >= 0.3 is 5.97 Å². The van der Waals surface area contributed by atoms with E-state index in [0.29, 0.717) is 0 Å². The van der Waals surface area contributed by atoms with Gasteiger partial charge in [0, 0.05) is 12.5 Å². The summed E-state index contributed by atoms with van der Waals surface area (Å²) in [6.07, 6.45) is 0. The molecule has 3 nitrogen and oxygen atoms in total. The van der Waals surface area contributed by atoms with E-state index in [0.717, 1.165) is 0 Å². The average Bonchev–Trinajstić information content (AvgIpc) is 1.79. The van der Waals surface area contributed by atoms with E-state index < -0.39 is 15.0 Å². The molecule has 0 aromatic heterocycles. The Hall–Kier alpha value is -0.353. The maximum absolute atomic E-state index is 10.7. The molecule has 0 radical (unpaired) electrons. The topological polar surface area (TPSA) is 35.5 Å². The molecule has 0 N–H and O–H groups in total. The SMILES string of the molecule is CC(=O)OC(C)(C)[SiH2]OC(C)(C)C. The van der Waals surface area contributed by atoms with Gasteiger partial charge in [-0.25, -0.2) is 0 Å². The Balaban J connectivity index is 3.96. The summed E-state index contributed by atoms with van der Waals surface area (Å²) in [5.74, 6) is -0.241. The van der Waals surface area contributed by atoms with Crippen LogP contribution in [0.15, 0.2) is 0 Å². The van der Waals surface area contributed by atoms with Crippen LogP contribution in [0.4, 0.5) is 0 Å². The molecule has 0 rings (SSSR count). The van der Waals surface area contributed by atoms with Crippen LogP contribution in [0.5, 0.6) is 0 Å². The molecule has 0 unspecified atom stereocenters. The van der Waals surface area contributed by atoms with Crippen LogP contribution in [0.2, 0.25) is 0 Å². The van der Waals surface area contributed by atoms with Crippen LogP contribution in [0.3, 0.4) is 0 Å². The molecule has 0 aromatic carbocycles. The van der Waals surface area contributed by atoms with Crippen LogP contribution < -0.4 is 0 Å². The fourth-order valence-electron chi connectivity index (χ4n) is 0.809. The molecule has 0 aliphatic carbocycles. The summed E-state index contributed by atoms with van der Waals surface area (Å²) < 4.78 is 10.8. The van der Waals surface area contributed by atoms with E-state index in [1.807, 2.05) is 34.6 Å². The van der Waals surface area contributed by atoms with Gasteiger partial charge in [0.15, 0.2) is 0 Å². The summed E-state index contributed by atoms with van der Waals surface area (Å²) in [7, 11) is -0.851. The first kappa shape index (κ1) is 12.6. The van der Waals surface area contributed by atoms with Crippen molar-refractivity contribution in [3.63, 3.8) is 0 Å². The highest BCUT2D eigenvalue weighted by Crippen LogP contribution is 2.13. The Morgan fingerprint density at radius 1 is 1.15 bits per heavy atom. The molecule has 78 valence electrons. The lowest BCUT2D eigenvalue weighted by Crippen LogP contribution is -2.39. The molecular weight excluding hydrogens is 184 g/mol. The highest BCUT2D eigenvalue weighted by Gasteiger charge is 2.25. The van der Waals surface area contributed by atoms with Crippen molar-refractivity contribution in [1.29, 1.82) is 0 Å². The van der Waals surface area contributed by atoms with Crippen molar-refractivity contribution < 1.29 is 14.0 Å². The van der Waals surface area contributed by atoms with Gasteiger partial charge in [0.1, 0.15) is 5.22 Å². The van der Waals surface area contributed by atoms with Crippen molar-refractivity contribution >= 4 is 15.7 Å². The van der Waals surface area contributed by atoms with Crippen LogP contribution in [-0.2, 0) is 14.0 Å². The second-order valence-electron chi connectivity index (χ2n) is 4.75. The molecule has 0 amide bonds. The van der Waals surface area contributed by atoms with Crippen molar-refractivity contribution in [3.8, 4) is 0 Å².